The Labute approximate surface area is 140 Å². The summed E-state index contributed by atoms with van der Waals surface area (Å²) < 4.78 is 51.5. The molecule has 0 radical (unpaired) electrons. The van der Waals surface area contributed by atoms with Crippen LogP contribution in [0.5, 0.6) is 0 Å². The summed E-state index contributed by atoms with van der Waals surface area (Å²) in [6.07, 6.45) is 2.03. The number of alkyl halides is 1. The van der Waals surface area contributed by atoms with Crippen molar-refractivity contribution in [3.05, 3.63) is 23.8 Å². The smallest absolute Gasteiger partial charge is 0.242 e. The van der Waals surface area contributed by atoms with Gasteiger partial charge in [-0.3, -0.25) is 9.03 Å². The number of hydrogen-bond donors (Lipinski definition) is 1. The molecule has 0 saturated carbocycles. The van der Waals surface area contributed by atoms with Gasteiger partial charge in [0.1, 0.15) is 4.66 Å². The maximum Gasteiger partial charge on any atom is 0.242 e. The second-order valence-electron chi connectivity index (χ2n) is 5.16. The normalized spacial score (nSPS) is 15.5. The van der Waals surface area contributed by atoms with Crippen LogP contribution in [0, 0.1) is 0 Å². The minimum absolute atomic E-state index is 0.115. The molecule has 0 aliphatic carbocycles. The van der Waals surface area contributed by atoms with Crippen LogP contribution < -0.4 is 9.03 Å². The fraction of sp³-hybridized carbons (Fsp3) is 0.538. The monoisotopic (exact) mass is 410 g/mol. The fourth-order valence-electron chi connectivity index (χ4n) is 2.49. The van der Waals surface area contributed by atoms with Crippen molar-refractivity contribution in [2.75, 3.05) is 26.0 Å². The zero-order valence-corrected chi connectivity index (χ0v) is 15.5. The van der Waals surface area contributed by atoms with Gasteiger partial charge >= 0.3 is 0 Å². The van der Waals surface area contributed by atoms with Crippen molar-refractivity contribution in [3.8, 4) is 0 Å². The van der Waals surface area contributed by atoms with E-state index in [1.54, 1.807) is 18.2 Å². The number of aryl methyl sites for hydroxylation is 1. The maximum atomic E-state index is 12.3. The molecule has 1 aromatic rings. The second-order valence-corrected chi connectivity index (χ2v) is 10.2. The SMILES string of the molecule is CCCS(=O)(=O)N1CCCc2cc(NS(=O)(=O)CBr)ccc21. The summed E-state index contributed by atoms with van der Waals surface area (Å²) in [5.41, 5.74) is 1.95. The molecule has 0 saturated heterocycles. The number of nitrogens with one attached hydrogen (secondary N) is 1. The van der Waals surface area contributed by atoms with Crippen LogP contribution >= 0.6 is 15.9 Å². The lowest BCUT2D eigenvalue weighted by Crippen LogP contribution is -2.37. The minimum atomic E-state index is -3.41. The molecular weight excluding hydrogens is 392 g/mol. The Kier molecular flexibility index (Phi) is 5.39. The molecule has 0 fully saturated rings. The van der Waals surface area contributed by atoms with Gasteiger partial charge in [-0.15, -0.1) is 0 Å². The first-order valence-electron chi connectivity index (χ1n) is 6.99. The number of rotatable bonds is 6. The zero-order valence-electron chi connectivity index (χ0n) is 12.2. The predicted molar refractivity (Wildman–Crippen MR) is 92.5 cm³/mol. The highest BCUT2D eigenvalue weighted by Crippen LogP contribution is 2.32. The van der Waals surface area contributed by atoms with Gasteiger partial charge in [-0.05, 0) is 43.0 Å². The first-order valence-corrected chi connectivity index (χ1v) is 11.4. The number of sulfonamides is 2. The van der Waals surface area contributed by atoms with Gasteiger partial charge in [-0.2, -0.15) is 0 Å². The summed E-state index contributed by atoms with van der Waals surface area (Å²) in [6.45, 7) is 2.31. The highest BCUT2D eigenvalue weighted by Gasteiger charge is 2.27. The quantitative estimate of drug-likeness (QED) is 0.728. The van der Waals surface area contributed by atoms with Gasteiger partial charge in [0.2, 0.25) is 20.0 Å². The molecule has 1 aliphatic rings. The Morgan fingerprint density at radius 1 is 1.27 bits per heavy atom. The molecule has 0 amide bonds. The summed E-state index contributed by atoms with van der Waals surface area (Å²) in [6, 6.07) is 4.98. The van der Waals surface area contributed by atoms with Gasteiger partial charge in [0.25, 0.3) is 0 Å². The van der Waals surface area contributed by atoms with Crippen LogP contribution in [0.3, 0.4) is 0 Å². The molecule has 0 unspecified atom stereocenters. The summed E-state index contributed by atoms with van der Waals surface area (Å²) in [5, 5.41) is 0. The van der Waals surface area contributed by atoms with E-state index >= 15 is 0 Å². The van der Waals surface area contributed by atoms with Crippen LogP contribution in [0.25, 0.3) is 0 Å². The van der Waals surface area contributed by atoms with Crippen molar-refractivity contribution >= 4 is 47.4 Å². The molecule has 1 N–H and O–H groups in total. The number of nitrogens with zero attached hydrogens (tertiary/aromatic N) is 1. The third-order valence-corrected chi connectivity index (χ3v) is 7.99. The average molecular weight is 411 g/mol. The number of benzene rings is 1. The standard InChI is InChI=1S/C13H19BrN2O4S2/c1-2-8-22(19,20)16-7-3-4-11-9-12(5-6-13(11)16)15-21(17,18)10-14/h5-6,9,15H,2-4,7-8,10H2,1H3. The highest BCUT2D eigenvalue weighted by molar-refractivity contribution is 9.10. The highest BCUT2D eigenvalue weighted by atomic mass is 79.9. The number of hydrogen-bond acceptors (Lipinski definition) is 4. The van der Waals surface area contributed by atoms with Crippen LogP contribution in [0.15, 0.2) is 18.2 Å². The zero-order chi connectivity index (χ0) is 16.4. The van der Waals surface area contributed by atoms with Gasteiger partial charge in [0, 0.05) is 12.2 Å². The Morgan fingerprint density at radius 2 is 2.00 bits per heavy atom. The summed E-state index contributed by atoms with van der Waals surface area (Å²) in [4.78, 5) is 0. The summed E-state index contributed by atoms with van der Waals surface area (Å²) in [7, 11) is -6.73. The largest absolute Gasteiger partial charge is 0.283 e. The molecule has 1 aliphatic heterocycles. The van der Waals surface area contributed by atoms with Crippen molar-refractivity contribution in [2.45, 2.75) is 26.2 Å². The van der Waals surface area contributed by atoms with Crippen LogP contribution in [0.4, 0.5) is 11.4 Å². The lowest BCUT2D eigenvalue weighted by molar-refractivity contribution is 0.585. The maximum absolute atomic E-state index is 12.3. The summed E-state index contributed by atoms with van der Waals surface area (Å²) >= 11 is 2.92. The van der Waals surface area contributed by atoms with Crippen molar-refractivity contribution in [1.29, 1.82) is 0 Å². The van der Waals surface area contributed by atoms with E-state index in [9.17, 15) is 16.8 Å². The van der Waals surface area contributed by atoms with Crippen molar-refractivity contribution < 1.29 is 16.8 Å². The van der Waals surface area contributed by atoms with E-state index in [1.807, 2.05) is 6.92 Å². The van der Waals surface area contributed by atoms with Crippen molar-refractivity contribution in [2.24, 2.45) is 0 Å². The molecule has 22 heavy (non-hydrogen) atoms. The fourth-order valence-corrected chi connectivity index (χ4v) is 5.00. The van der Waals surface area contributed by atoms with Crippen molar-refractivity contribution in [1.82, 2.24) is 0 Å². The Morgan fingerprint density at radius 3 is 2.64 bits per heavy atom. The van der Waals surface area contributed by atoms with Gasteiger partial charge in [0.05, 0.1) is 11.4 Å². The Balaban J connectivity index is 2.35. The van der Waals surface area contributed by atoms with Gasteiger partial charge in [-0.1, -0.05) is 22.9 Å². The molecule has 1 aromatic carbocycles. The van der Waals surface area contributed by atoms with Gasteiger partial charge in [0.15, 0.2) is 0 Å². The molecule has 1 heterocycles. The van der Waals surface area contributed by atoms with Crippen LogP contribution in [-0.4, -0.2) is 33.8 Å². The van der Waals surface area contributed by atoms with E-state index in [0.29, 0.717) is 24.3 Å². The minimum Gasteiger partial charge on any atom is -0.283 e. The third kappa shape index (κ3) is 3.94. The summed E-state index contributed by atoms with van der Waals surface area (Å²) in [5.74, 6) is 0.115. The van der Waals surface area contributed by atoms with Crippen molar-refractivity contribution in [3.63, 3.8) is 0 Å². The van der Waals surface area contributed by atoms with Crippen LogP contribution in [0.2, 0.25) is 0 Å². The first kappa shape index (κ1) is 17.6. The number of anilines is 2. The molecule has 2 rings (SSSR count). The van der Waals surface area contributed by atoms with E-state index in [1.165, 1.54) is 4.31 Å². The third-order valence-electron chi connectivity index (χ3n) is 3.37. The molecule has 124 valence electrons. The van der Waals surface area contributed by atoms with E-state index < -0.39 is 20.0 Å². The Hall–Kier alpha value is -0.800. The predicted octanol–water partition coefficient (Wildman–Crippen LogP) is 2.27. The van der Waals surface area contributed by atoms with E-state index in [2.05, 4.69) is 20.7 Å². The molecule has 0 aromatic heterocycles. The van der Waals surface area contributed by atoms with Gasteiger partial charge in [-0.25, -0.2) is 16.8 Å². The van der Waals surface area contributed by atoms with E-state index in [-0.39, 0.29) is 10.4 Å². The second kappa shape index (κ2) is 6.76. The lowest BCUT2D eigenvalue weighted by Gasteiger charge is -2.30. The van der Waals surface area contributed by atoms with Crippen LogP contribution in [0.1, 0.15) is 25.3 Å². The number of fused-ring (bicyclic) bond motifs is 1. The molecule has 0 bridgehead atoms. The van der Waals surface area contributed by atoms with Crippen LogP contribution in [-0.2, 0) is 26.5 Å². The first-order chi connectivity index (χ1) is 10.3. The van der Waals surface area contributed by atoms with Gasteiger partial charge < -0.3 is 0 Å². The molecular formula is C13H19BrN2O4S2. The van der Waals surface area contributed by atoms with E-state index in [0.717, 1.165) is 18.4 Å². The molecule has 9 heteroatoms. The average Bonchev–Trinajstić information content (AvgIpc) is 2.46. The number of halogens is 1. The Bertz CT molecular complexity index is 747. The topological polar surface area (TPSA) is 83.6 Å². The molecule has 6 nitrogen and oxygen atoms in total. The lowest BCUT2D eigenvalue weighted by atomic mass is 10.0. The molecule has 0 atom stereocenters. The van der Waals surface area contributed by atoms with E-state index in [4.69, 9.17) is 0 Å². The molecule has 0 spiro atoms.